The van der Waals surface area contributed by atoms with Crippen LogP contribution in [0.3, 0.4) is 0 Å². The van der Waals surface area contributed by atoms with Gasteiger partial charge in [0.2, 0.25) is 5.91 Å². The predicted octanol–water partition coefficient (Wildman–Crippen LogP) is 4.57. The number of hydrogen-bond donors (Lipinski definition) is 1. The first-order valence-electron chi connectivity index (χ1n) is 11.0. The van der Waals surface area contributed by atoms with Gasteiger partial charge in [-0.15, -0.1) is 0 Å². The molecule has 2 aromatic rings. The summed E-state index contributed by atoms with van der Waals surface area (Å²) in [5.41, 5.74) is 2.76. The molecular weight excluding hydrogens is 374 g/mol. The third-order valence-electron chi connectivity index (χ3n) is 6.08. The highest BCUT2D eigenvalue weighted by Crippen LogP contribution is 2.40. The van der Waals surface area contributed by atoms with Crippen LogP contribution in [0.1, 0.15) is 56.6 Å². The highest BCUT2D eigenvalue weighted by molar-refractivity contribution is 6.47. The van der Waals surface area contributed by atoms with Crippen molar-refractivity contribution in [3.63, 3.8) is 0 Å². The van der Waals surface area contributed by atoms with Gasteiger partial charge in [-0.3, -0.25) is 14.6 Å². The Balaban J connectivity index is 1.46. The molecule has 1 heterocycles. The largest absolute Gasteiger partial charge is 0.325 e. The zero-order valence-corrected chi connectivity index (χ0v) is 17.6. The summed E-state index contributed by atoms with van der Waals surface area (Å²) in [6.07, 6.45) is 7.05. The van der Waals surface area contributed by atoms with Gasteiger partial charge in [0.05, 0.1) is 0 Å². The van der Waals surface area contributed by atoms with Crippen molar-refractivity contribution in [2.24, 2.45) is 4.99 Å². The predicted molar refractivity (Wildman–Crippen MR) is 120 cm³/mol. The van der Waals surface area contributed by atoms with Crippen molar-refractivity contribution in [1.29, 1.82) is 0 Å². The van der Waals surface area contributed by atoms with Crippen LogP contribution in [-0.4, -0.2) is 34.6 Å². The van der Waals surface area contributed by atoms with Crippen molar-refractivity contribution >= 4 is 23.2 Å². The molecule has 1 aliphatic carbocycles. The highest BCUT2D eigenvalue weighted by Gasteiger charge is 2.49. The first kappa shape index (κ1) is 20.3. The van der Waals surface area contributed by atoms with E-state index in [2.05, 4.69) is 24.4 Å². The van der Waals surface area contributed by atoms with Gasteiger partial charge in [-0.05, 0) is 56.2 Å². The average molecular weight is 404 g/mol. The third-order valence-corrected chi connectivity index (χ3v) is 6.08. The fraction of sp³-hybridized carbons (Fsp3) is 0.400. The van der Waals surface area contributed by atoms with Crippen molar-refractivity contribution in [1.82, 2.24) is 4.90 Å². The van der Waals surface area contributed by atoms with Crippen molar-refractivity contribution in [3.8, 4) is 0 Å². The maximum absolute atomic E-state index is 13.2. The van der Waals surface area contributed by atoms with E-state index < -0.39 is 5.66 Å². The standard InChI is InChI=1S/C25H29N3O2/c1-2-3-9-19-12-14-21(15-13-19)26-22(29)18-28-24(30)23(20-10-5-4-6-11-20)27-25(28)16-7-8-17-25/h4-6,10-15H,2-3,7-9,16-18H2,1H3,(H,26,29). The van der Waals surface area contributed by atoms with Crippen molar-refractivity contribution in [2.75, 3.05) is 11.9 Å². The topological polar surface area (TPSA) is 61.8 Å². The molecule has 2 amide bonds. The molecule has 5 nitrogen and oxygen atoms in total. The van der Waals surface area contributed by atoms with Gasteiger partial charge in [0, 0.05) is 11.3 Å². The molecular formula is C25H29N3O2. The minimum atomic E-state index is -0.566. The van der Waals surface area contributed by atoms with Gasteiger partial charge in [0.25, 0.3) is 5.91 Å². The van der Waals surface area contributed by atoms with Crippen LogP contribution in [0.4, 0.5) is 5.69 Å². The number of unbranched alkanes of at least 4 members (excludes halogenated alkanes) is 1. The number of amides is 2. The summed E-state index contributed by atoms with van der Waals surface area (Å²) in [6, 6.07) is 17.5. The normalized spacial score (nSPS) is 17.4. The van der Waals surface area contributed by atoms with E-state index in [9.17, 15) is 9.59 Å². The molecule has 30 heavy (non-hydrogen) atoms. The SMILES string of the molecule is CCCCc1ccc(NC(=O)CN2C(=O)C(c3ccccc3)=NC23CCCC3)cc1. The Labute approximate surface area is 178 Å². The second kappa shape index (κ2) is 8.82. The first-order valence-corrected chi connectivity index (χ1v) is 11.0. The average Bonchev–Trinajstić information content (AvgIpc) is 3.34. The molecule has 5 heteroatoms. The summed E-state index contributed by atoms with van der Waals surface area (Å²) in [4.78, 5) is 32.6. The molecule has 4 rings (SSSR count). The Hall–Kier alpha value is -2.95. The molecule has 0 radical (unpaired) electrons. The van der Waals surface area contributed by atoms with Gasteiger partial charge in [-0.1, -0.05) is 55.8 Å². The van der Waals surface area contributed by atoms with Crippen molar-refractivity contribution < 1.29 is 9.59 Å². The Morgan fingerprint density at radius 1 is 1.07 bits per heavy atom. The Bertz CT molecular complexity index is 929. The monoisotopic (exact) mass is 403 g/mol. The lowest BCUT2D eigenvalue weighted by atomic mass is 10.1. The van der Waals surface area contributed by atoms with Crippen LogP contribution in [-0.2, 0) is 16.0 Å². The molecule has 0 aromatic heterocycles. The van der Waals surface area contributed by atoms with Crippen LogP contribution >= 0.6 is 0 Å². The summed E-state index contributed by atoms with van der Waals surface area (Å²) < 4.78 is 0. The van der Waals surface area contributed by atoms with Crippen LogP contribution in [0.2, 0.25) is 0 Å². The minimum absolute atomic E-state index is 0.0241. The molecule has 1 saturated carbocycles. The number of nitrogens with one attached hydrogen (secondary N) is 1. The summed E-state index contributed by atoms with van der Waals surface area (Å²) in [6.45, 7) is 2.20. The zero-order valence-electron chi connectivity index (χ0n) is 17.6. The summed E-state index contributed by atoms with van der Waals surface area (Å²) in [5, 5.41) is 2.95. The molecule has 0 bridgehead atoms. The molecule has 1 spiro atoms. The molecule has 1 fully saturated rings. The van der Waals surface area contributed by atoms with E-state index in [1.165, 1.54) is 5.56 Å². The van der Waals surface area contributed by atoms with Crippen LogP contribution in [0.5, 0.6) is 0 Å². The molecule has 0 unspecified atom stereocenters. The second-order valence-corrected chi connectivity index (χ2v) is 8.26. The van der Waals surface area contributed by atoms with E-state index in [0.717, 1.165) is 56.2 Å². The molecule has 2 aromatic carbocycles. The maximum atomic E-state index is 13.2. The summed E-state index contributed by atoms with van der Waals surface area (Å²) >= 11 is 0. The van der Waals surface area contributed by atoms with Gasteiger partial charge in [-0.2, -0.15) is 0 Å². The first-order chi connectivity index (χ1) is 14.6. The van der Waals surface area contributed by atoms with Gasteiger partial charge < -0.3 is 10.2 Å². The Morgan fingerprint density at radius 3 is 2.43 bits per heavy atom. The number of benzene rings is 2. The number of rotatable bonds is 7. The number of aryl methyl sites for hydroxylation is 1. The number of aliphatic imine (C=N–C) groups is 1. The smallest absolute Gasteiger partial charge is 0.275 e. The van der Waals surface area contributed by atoms with Crippen LogP contribution in [0, 0.1) is 0 Å². The molecule has 156 valence electrons. The van der Waals surface area contributed by atoms with E-state index in [1.807, 2.05) is 42.5 Å². The minimum Gasteiger partial charge on any atom is -0.325 e. The third kappa shape index (κ3) is 4.16. The molecule has 1 N–H and O–H groups in total. The van der Waals surface area contributed by atoms with Crippen LogP contribution in [0.15, 0.2) is 59.6 Å². The van der Waals surface area contributed by atoms with Gasteiger partial charge in [0.15, 0.2) is 0 Å². The Kier molecular flexibility index (Phi) is 5.98. The quantitative estimate of drug-likeness (QED) is 0.736. The molecule has 1 aliphatic heterocycles. The number of carbonyl (C=O) groups excluding carboxylic acids is 2. The van der Waals surface area contributed by atoms with E-state index in [1.54, 1.807) is 4.90 Å². The lowest BCUT2D eigenvalue weighted by Gasteiger charge is -2.32. The lowest BCUT2D eigenvalue weighted by Crippen LogP contribution is -2.48. The van der Waals surface area contributed by atoms with E-state index in [0.29, 0.717) is 5.71 Å². The van der Waals surface area contributed by atoms with Crippen molar-refractivity contribution in [2.45, 2.75) is 57.5 Å². The number of hydrogen-bond acceptors (Lipinski definition) is 3. The lowest BCUT2D eigenvalue weighted by molar-refractivity contribution is -0.132. The maximum Gasteiger partial charge on any atom is 0.275 e. The van der Waals surface area contributed by atoms with Crippen LogP contribution < -0.4 is 5.32 Å². The fourth-order valence-electron chi connectivity index (χ4n) is 4.44. The fourth-order valence-corrected chi connectivity index (χ4v) is 4.44. The zero-order chi connectivity index (χ0) is 21.0. The summed E-state index contributed by atoms with van der Waals surface area (Å²) in [7, 11) is 0. The second-order valence-electron chi connectivity index (χ2n) is 8.26. The van der Waals surface area contributed by atoms with Gasteiger partial charge in [-0.25, -0.2) is 0 Å². The van der Waals surface area contributed by atoms with Crippen LogP contribution in [0.25, 0.3) is 0 Å². The summed E-state index contributed by atoms with van der Waals surface area (Å²) in [5.74, 6) is -0.325. The number of carbonyl (C=O) groups is 2. The van der Waals surface area contributed by atoms with Gasteiger partial charge >= 0.3 is 0 Å². The number of anilines is 1. The molecule has 0 saturated heterocycles. The molecule has 0 atom stereocenters. The van der Waals surface area contributed by atoms with E-state index >= 15 is 0 Å². The van der Waals surface area contributed by atoms with Gasteiger partial charge in [0.1, 0.15) is 17.9 Å². The van der Waals surface area contributed by atoms with E-state index in [-0.39, 0.29) is 18.4 Å². The van der Waals surface area contributed by atoms with Crippen molar-refractivity contribution in [3.05, 3.63) is 65.7 Å². The molecule has 2 aliphatic rings. The highest BCUT2D eigenvalue weighted by atomic mass is 16.2. The van der Waals surface area contributed by atoms with E-state index in [4.69, 9.17) is 4.99 Å². The number of nitrogens with zero attached hydrogens (tertiary/aromatic N) is 2. The Morgan fingerprint density at radius 2 is 1.77 bits per heavy atom.